The van der Waals surface area contributed by atoms with Crippen molar-refractivity contribution in [3.8, 4) is 5.75 Å². The van der Waals surface area contributed by atoms with E-state index in [4.69, 9.17) is 0 Å². The number of aliphatic imine (C=N–C) groups is 1. The van der Waals surface area contributed by atoms with Gasteiger partial charge in [0.15, 0.2) is 0 Å². The lowest BCUT2D eigenvalue weighted by atomic mass is 10.1. The number of hydrogen-bond donors (Lipinski definition) is 1. The largest absolute Gasteiger partial charge is 0.507 e. The van der Waals surface area contributed by atoms with Crippen LogP contribution in [0.1, 0.15) is 16.7 Å². The summed E-state index contributed by atoms with van der Waals surface area (Å²) in [6.07, 6.45) is 1.39. The monoisotopic (exact) mass is 261 g/mol. The molecule has 0 heterocycles. The fourth-order valence-electron chi connectivity index (χ4n) is 1.85. The van der Waals surface area contributed by atoms with Crippen molar-refractivity contribution in [3.05, 3.63) is 58.7 Å². The fraction of sp³-hybridized carbons (Fsp3) is 0.133. The van der Waals surface area contributed by atoms with Crippen molar-refractivity contribution in [2.24, 2.45) is 4.99 Å². The molecule has 1 N–H and O–H groups in total. The summed E-state index contributed by atoms with van der Waals surface area (Å²) in [6, 6.07) is 6.63. The summed E-state index contributed by atoms with van der Waals surface area (Å²) in [4.78, 5) is 3.98. The molecule has 0 aliphatic rings. The van der Waals surface area contributed by atoms with Crippen LogP contribution in [0.4, 0.5) is 14.5 Å². The van der Waals surface area contributed by atoms with E-state index in [2.05, 4.69) is 4.99 Å². The highest BCUT2D eigenvalue weighted by molar-refractivity contribution is 5.86. The maximum Gasteiger partial charge on any atom is 0.128 e. The Bertz CT molecular complexity index is 631. The van der Waals surface area contributed by atoms with E-state index in [1.165, 1.54) is 6.21 Å². The number of rotatable bonds is 2. The average Bonchev–Trinajstić information content (AvgIpc) is 2.30. The van der Waals surface area contributed by atoms with Crippen molar-refractivity contribution in [2.75, 3.05) is 0 Å². The van der Waals surface area contributed by atoms with Crippen molar-refractivity contribution in [1.82, 2.24) is 0 Å². The third-order valence-electron chi connectivity index (χ3n) is 2.67. The van der Waals surface area contributed by atoms with Gasteiger partial charge in [-0.2, -0.15) is 0 Å². The minimum atomic E-state index is -0.684. The molecule has 0 aromatic heterocycles. The smallest absolute Gasteiger partial charge is 0.128 e. The second-order valence-electron chi connectivity index (χ2n) is 4.41. The van der Waals surface area contributed by atoms with E-state index < -0.39 is 11.6 Å². The summed E-state index contributed by atoms with van der Waals surface area (Å²) in [6.45, 7) is 3.67. The minimum Gasteiger partial charge on any atom is -0.507 e. The van der Waals surface area contributed by atoms with Gasteiger partial charge < -0.3 is 5.11 Å². The Morgan fingerprint density at radius 3 is 2.26 bits per heavy atom. The third-order valence-corrected chi connectivity index (χ3v) is 2.67. The van der Waals surface area contributed by atoms with Crippen LogP contribution < -0.4 is 0 Å². The van der Waals surface area contributed by atoms with E-state index in [1.807, 2.05) is 13.0 Å². The Morgan fingerprint density at radius 1 is 1.00 bits per heavy atom. The molecule has 0 unspecified atom stereocenters. The van der Waals surface area contributed by atoms with E-state index in [-0.39, 0.29) is 11.4 Å². The summed E-state index contributed by atoms with van der Waals surface area (Å²) in [5, 5.41) is 9.87. The molecule has 2 rings (SSSR count). The average molecular weight is 261 g/mol. The van der Waals surface area contributed by atoms with Crippen LogP contribution in [-0.2, 0) is 0 Å². The lowest BCUT2D eigenvalue weighted by molar-refractivity contribution is 0.470. The van der Waals surface area contributed by atoms with E-state index in [9.17, 15) is 13.9 Å². The molecule has 0 saturated carbocycles. The van der Waals surface area contributed by atoms with Gasteiger partial charge in [0.2, 0.25) is 0 Å². The molecule has 98 valence electrons. The van der Waals surface area contributed by atoms with Gasteiger partial charge in [0, 0.05) is 17.8 Å². The molecule has 0 aliphatic carbocycles. The first-order valence-electron chi connectivity index (χ1n) is 5.76. The molecule has 0 amide bonds. The quantitative estimate of drug-likeness (QED) is 0.813. The normalized spacial score (nSPS) is 11.2. The summed E-state index contributed by atoms with van der Waals surface area (Å²) >= 11 is 0. The number of phenolic OH excluding ortho intramolecular Hbond substituents is 1. The molecule has 2 aromatic carbocycles. The van der Waals surface area contributed by atoms with Gasteiger partial charge in [-0.1, -0.05) is 6.07 Å². The number of benzene rings is 2. The van der Waals surface area contributed by atoms with Crippen molar-refractivity contribution in [1.29, 1.82) is 0 Å². The van der Waals surface area contributed by atoms with Crippen molar-refractivity contribution >= 4 is 11.9 Å². The van der Waals surface area contributed by atoms with Gasteiger partial charge in [0.1, 0.15) is 17.4 Å². The van der Waals surface area contributed by atoms with Gasteiger partial charge in [0.05, 0.1) is 5.69 Å². The zero-order chi connectivity index (χ0) is 14.0. The van der Waals surface area contributed by atoms with Crippen LogP contribution >= 0.6 is 0 Å². The molecule has 0 aliphatic heterocycles. The molecule has 0 bridgehead atoms. The molecule has 4 heteroatoms. The molecular formula is C15H13F2NO. The van der Waals surface area contributed by atoms with Crippen molar-refractivity contribution in [2.45, 2.75) is 13.8 Å². The maximum atomic E-state index is 13.0. The topological polar surface area (TPSA) is 32.6 Å². The Hall–Kier alpha value is -2.23. The van der Waals surface area contributed by atoms with E-state index in [1.54, 1.807) is 13.0 Å². The molecular weight excluding hydrogens is 248 g/mol. The van der Waals surface area contributed by atoms with Gasteiger partial charge in [-0.3, -0.25) is 4.99 Å². The van der Waals surface area contributed by atoms with Gasteiger partial charge in [-0.25, -0.2) is 8.78 Å². The third kappa shape index (κ3) is 3.16. The molecule has 2 nitrogen and oxygen atoms in total. The van der Waals surface area contributed by atoms with Crippen LogP contribution in [0.25, 0.3) is 0 Å². The van der Waals surface area contributed by atoms with Gasteiger partial charge in [0.25, 0.3) is 0 Å². The summed E-state index contributed by atoms with van der Waals surface area (Å²) in [7, 11) is 0. The van der Waals surface area contributed by atoms with Crippen LogP contribution in [0, 0.1) is 25.5 Å². The Labute approximate surface area is 110 Å². The molecule has 0 saturated heterocycles. The molecule has 2 aromatic rings. The summed E-state index contributed by atoms with van der Waals surface area (Å²) in [5.74, 6) is -1.25. The van der Waals surface area contributed by atoms with Crippen LogP contribution in [-0.4, -0.2) is 11.3 Å². The molecule has 0 radical (unpaired) electrons. The fourth-order valence-corrected chi connectivity index (χ4v) is 1.85. The predicted octanol–water partition coefficient (Wildman–Crippen LogP) is 4.04. The predicted molar refractivity (Wildman–Crippen MR) is 71.2 cm³/mol. The van der Waals surface area contributed by atoms with Crippen LogP contribution in [0.2, 0.25) is 0 Å². The minimum absolute atomic E-state index is 0.117. The van der Waals surface area contributed by atoms with Gasteiger partial charge in [-0.15, -0.1) is 0 Å². The zero-order valence-corrected chi connectivity index (χ0v) is 10.6. The number of nitrogens with zero attached hydrogens (tertiary/aromatic N) is 1. The van der Waals surface area contributed by atoms with E-state index in [0.29, 0.717) is 5.56 Å². The van der Waals surface area contributed by atoms with Crippen LogP contribution in [0.15, 0.2) is 35.3 Å². The Balaban J connectivity index is 2.37. The first-order chi connectivity index (χ1) is 8.95. The first kappa shape index (κ1) is 13.2. The maximum absolute atomic E-state index is 13.0. The first-order valence-corrected chi connectivity index (χ1v) is 5.76. The second-order valence-corrected chi connectivity index (χ2v) is 4.41. The number of halogens is 2. The van der Waals surface area contributed by atoms with Crippen LogP contribution in [0.3, 0.4) is 0 Å². The molecule has 19 heavy (non-hydrogen) atoms. The highest BCUT2D eigenvalue weighted by Gasteiger charge is 2.04. The summed E-state index contributed by atoms with van der Waals surface area (Å²) in [5.41, 5.74) is 2.38. The molecule has 0 atom stereocenters. The lowest BCUT2D eigenvalue weighted by Crippen LogP contribution is -1.88. The zero-order valence-electron chi connectivity index (χ0n) is 10.6. The highest BCUT2D eigenvalue weighted by Crippen LogP contribution is 2.23. The lowest BCUT2D eigenvalue weighted by Gasteiger charge is -2.04. The molecule has 0 spiro atoms. The van der Waals surface area contributed by atoms with Crippen LogP contribution in [0.5, 0.6) is 5.75 Å². The number of hydrogen-bond acceptors (Lipinski definition) is 2. The summed E-state index contributed by atoms with van der Waals surface area (Å²) < 4.78 is 26.0. The number of aromatic hydroxyl groups is 1. The van der Waals surface area contributed by atoms with E-state index in [0.717, 1.165) is 29.3 Å². The van der Waals surface area contributed by atoms with Gasteiger partial charge >= 0.3 is 0 Å². The Kier molecular flexibility index (Phi) is 3.60. The SMILES string of the molecule is Cc1cc(C)c(O)c(C=Nc2cc(F)cc(F)c2)c1. The number of aryl methyl sites for hydroxylation is 2. The Morgan fingerprint density at radius 2 is 1.63 bits per heavy atom. The van der Waals surface area contributed by atoms with Gasteiger partial charge in [-0.05, 0) is 43.2 Å². The highest BCUT2D eigenvalue weighted by atomic mass is 19.1. The van der Waals surface area contributed by atoms with E-state index >= 15 is 0 Å². The van der Waals surface area contributed by atoms with Crippen molar-refractivity contribution in [3.63, 3.8) is 0 Å². The standard InChI is InChI=1S/C15H13F2NO/c1-9-3-10(2)15(19)11(4-9)8-18-14-6-12(16)5-13(17)7-14/h3-8,19H,1-2H3. The molecule has 0 fully saturated rings. The second kappa shape index (κ2) is 5.18. The number of phenols is 1. The van der Waals surface area contributed by atoms with Crippen molar-refractivity contribution < 1.29 is 13.9 Å².